The minimum Gasteiger partial charge on any atom is -0.465 e. The van der Waals surface area contributed by atoms with E-state index >= 15 is 0 Å². The third-order valence-electron chi connectivity index (χ3n) is 1.37. The molecule has 0 spiro atoms. The van der Waals surface area contributed by atoms with Gasteiger partial charge in [-0.25, -0.2) is 0 Å². The molecule has 2 rings (SSSR count). The van der Waals surface area contributed by atoms with Crippen molar-refractivity contribution in [3.8, 4) is 0 Å². The molecule has 1 aliphatic heterocycles. The van der Waals surface area contributed by atoms with Crippen LogP contribution in [0.5, 0.6) is 0 Å². The zero-order valence-corrected chi connectivity index (χ0v) is 7.61. The molecule has 1 unspecified atom stereocenters. The predicted octanol–water partition coefficient (Wildman–Crippen LogP) is 1.58. The average molecular weight is 172 g/mol. The Hall–Kier alpha value is -0.330. The summed E-state index contributed by atoms with van der Waals surface area (Å²) in [6, 6.07) is 3.73. The molecule has 1 aliphatic rings. The van der Waals surface area contributed by atoms with Gasteiger partial charge in [-0.15, -0.1) is 0 Å². The second-order valence-electron chi connectivity index (χ2n) is 2.33. The van der Waals surface area contributed by atoms with E-state index in [1.165, 1.54) is 12.8 Å². The van der Waals surface area contributed by atoms with E-state index in [9.17, 15) is 0 Å². The summed E-state index contributed by atoms with van der Waals surface area (Å²) in [4.78, 5) is 0. The van der Waals surface area contributed by atoms with E-state index in [0.717, 1.165) is 18.7 Å². The summed E-state index contributed by atoms with van der Waals surface area (Å²) >= 11 is 0. The molecular formula is C8H13O2P. The van der Waals surface area contributed by atoms with Crippen LogP contribution in [0.15, 0.2) is 22.8 Å². The molecule has 0 saturated carbocycles. The predicted molar refractivity (Wildman–Crippen MR) is 48.1 cm³/mol. The maximum absolute atomic E-state index is 4.94. The Bertz CT molecular complexity index is 161. The molecule has 1 atom stereocenters. The highest BCUT2D eigenvalue weighted by Gasteiger charge is 1.94. The van der Waals surface area contributed by atoms with Crippen LogP contribution in [0, 0.1) is 0 Å². The summed E-state index contributed by atoms with van der Waals surface area (Å²) < 4.78 is 9.74. The molecule has 0 radical (unpaired) electrons. The van der Waals surface area contributed by atoms with E-state index in [4.69, 9.17) is 9.15 Å². The van der Waals surface area contributed by atoms with Gasteiger partial charge in [-0.3, -0.25) is 0 Å². The minimum absolute atomic E-state index is 0.884. The number of hydrogen-bond donors (Lipinski definition) is 0. The van der Waals surface area contributed by atoms with Crippen LogP contribution in [0.3, 0.4) is 0 Å². The molecule has 1 aromatic heterocycles. The Morgan fingerprint density at radius 2 is 2.00 bits per heavy atom. The second-order valence-corrected chi connectivity index (χ2v) is 2.90. The maximum atomic E-state index is 4.94. The van der Waals surface area contributed by atoms with Crippen LogP contribution in [-0.2, 0) is 4.74 Å². The van der Waals surface area contributed by atoms with Crippen molar-refractivity contribution in [2.75, 3.05) is 13.2 Å². The molecule has 0 bridgehead atoms. The molecule has 1 aromatic rings. The second kappa shape index (κ2) is 5.34. The standard InChI is InChI=1S/C4H5OP.C4H8O/c6-4-2-1-3-5-4;1-2-4-5-3-1/h1-3H,6H2;1-4H2. The van der Waals surface area contributed by atoms with Gasteiger partial charge in [0, 0.05) is 13.2 Å². The van der Waals surface area contributed by atoms with E-state index in [-0.39, 0.29) is 0 Å². The fraction of sp³-hybridized carbons (Fsp3) is 0.500. The topological polar surface area (TPSA) is 22.4 Å². The van der Waals surface area contributed by atoms with Crippen molar-refractivity contribution >= 4 is 14.7 Å². The van der Waals surface area contributed by atoms with Crippen molar-refractivity contribution in [2.45, 2.75) is 12.8 Å². The Kier molecular flexibility index (Phi) is 4.25. The van der Waals surface area contributed by atoms with Crippen LogP contribution >= 0.6 is 9.24 Å². The monoisotopic (exact) mass is 172 g/mol. The molecule has 0 aliphatic carbocycles. The van der Waals surface area contributed by atoms with Crippen molar-refractivity contribution in [1.29, 1.82) is 0 Å². The lowest BCUT2D eigenvalue weighted by Crippen LogP contribution is -1.74. The van der Waals surface area contributed by atoms with Gasteiger partial charge < -0.3 is 9.15 Å². The highest BCUT2D eigenvalue weighted by Crippen LogP contribution is 1.98. The molecule has 0 aromatic carbocycles. The zero-order chi connectivity index (χ0) is 7.94. The molecule has 2 heterocycles. The number of ether oxygens (including phenoxy) is 1. The molecule has 1 saturated heterocycles. The molecule has 2 nitrogen and oxygen atoms in total. The van der Waals surface area contributed by atoms with Gasteiger partial charge in [0.25, 0.3) is 0 Å². The summed E-state index contributed by atoms with van der Waals surface area (Å²) in [7, 11) is 2.45. The molecular weight excluding hydrogens is 159 g/mol. The van der Waals surface area contributed by atoms with Crippen LogP contribution in [-0.4, -0.2) is 13.2 Å². The van der Waals surface area contributed by atoms with Gasteiger partial charge in [0.1, 0.15) is 5.50 Å². The Morgan fingerprint density at radius 1 is 1.27 bits per heavy atom. The van der Waals surface area contributed by atoms with Crippen molar-refractivity contribution in [3.63, 3.8) is 0 Å². The molecule has 62 valence electrons. The minimum atomic E-state index is 0.884. The van der Waals surface area contributed by atoms with Crippen molar-refractivity contribution < 1.29 is 9.15 Å². The van der Waals surface area contributed by atoms with Crippen LogP contribution in [0.25, 0.3) is 0 Å². The van der Waals surface area contributed by atoms with E-state index in [1.807, 2.05) is 12.1 Å². The molecule has 1 fully saturated rings. The SMILES string of the molecule is C1CCOC1.Pc1ccco1. The molecule has 3 heteroatoms. The largest absolute Gasteiger partial charge is 0.465 e. The zero-order valence-electron chi connectivity index (χ0n) is 6.45. The van der Waals surface area contributed by atoms with Gasteiger partial charge >= 0.3 is 0 Å². The fourth-order valence-corrected chi connectivity index (χ4v) is 0.991. The fourth-order valence-electron chi connectivity index (χ4n) is 0.802. The first-order valence-corrected chi connectivity index (χ1v) is 4.34. The summed E-state index contributed by atoms with van der Waals surface area (Å²) in [5.41, 5.74) is 0.884. The van der Waals surface area contributed by atoms with Gasteiger partial charge in [-0.2, -0.15) is 0 Å². The summed E-state index contributed by atoms with van der Waals surface area (Å²) in [5.74, 6) is 0. The highest BCUT2D eigenvalue weighted by molar-refractivity contribution is 7.26. The molecule has 0 amide bonds. The first kappa shape index (κ1) is 8.76. The van der Waals surface area contributed by atoms with Gasteiger partial charge in [0.15, 0.2) is 0 Å². The van der Waals surface area contributed by atoms with E-state index < -0.39 is 0 Å². The number of hydrogen-bond acceptors (Lipinski definition) is 2. The molecule has 11 heavy (non-hydrogen) atoms. The van der Waals surface area contributed by atoms with E-state index in [1.54, 1.807) is 6.26 Å². The van der Waals surface area contributed by atoms with Crippen LogP contribution < -0.4 is 5.50 Å². The lowest BCUT2D eigenvalue weighted by Gasteiger charge is -1.76. The summed E-state index contributed by atoms with van der Waals surface area (Å²) in [6.45, 7) is 2.00. The van der Waals surface area contributed by atoms with Crippen molar-refractivity contribution in [3.05, 3.63) is 18.4 Å². The summed E-state index contributed by atoms with van der Waals surface area (Å²) in [5, 5.41) is 0. The van der Waals surface area contributed by atoms with Crippen molar-refractivity contribution in [2.24, 2.45) is 0 Å². The highest BCUT2D eigenvalue weighted by atomic mass is 31.0. The Labute approximate surface area is 69.1 Å². The smallest absolute Gasteiger partial charge is 0.119 e. The first-order valence-electron chi connectivity index (χ1n) is 3.76. The van der Waals surface area contributed by atoms with E-state index in [0.29, 0.717) is 0 Å². The van der Waals surface area contributed by atoms with Crippen LogP contribution in [0.1, 0.15) is 12.8 Å². The quantitative estimate of drug-likeness (QED) is 0.554. The van der Waals surface area contributed by atoms with Gasteiger partial charge in [0.2, 0.25) is 0 Å². The number of rotatable bonds is 0. The average Bonchev–Trinajstić information content (AvgIpc) is 2.57. The first-order chi connectivity index (χ1) is 5.39. The third kappa shape index (κ3) is 4.18. The third-order valence-corrected chi connectivity index (χ3v) is 1.70. The van der Waals surface area contributed by atoms with Gasteiger partial charge in [-0.1, -0.05) is 9.24 Å². The maximum Gasteiger partial charge on any atom is 0.119 e. The Morgan fingerprint density at radius 3 is 2.18 bits per heavy atom. The van der Waals surface area contributed by atoms with Gasteiger partial charge in [-0.05, 0) is 25.0 Å². The van der Waals surface area contributed by atoms with Crippen LogP contribution in [0.2, 0.25) is 0 Å². The lowest BCUT2D eigenvalue weighted by atomic mass is 10.4. The molecule has 0 N–H and O–H groups in total. The van der Waals surface area contributed by atoms with Crippen LogP contribution in [0.4, 0.5) is 0 Å². The Balaban J connectivity index is 0.000000112. The van der Waals surface area contributed by atoms with Gasteiger partial charge in [0.05, 0.1) is 6.26 Å². The lowest BCUT2D eigenvalue weighted by molar-refractivity contribution is 0.198. The van der Waals surface area contributed by atoms with Crippen molar-refractivity contribution in [1.82, 2.24) is 0 Å². The normalized spacial score (nSPS) is 15.7. The van der Waals surface area contributed by atoms with E-state index in [2.05, 4.69) is 9.24 Å². The summed E-state index contributed by atoms with van der Waals surface area (Å²) in [6.07, 6.45) is 4.20. The number of furan rings is 1.